The van der Waals surface area contributed by atoms with Crippen molar-refractivity contribution in [2.75, 3.05) is 6.54 Å². The van der Waals surface area contributed by atoms with Crippen LogP contribution in [0.3, 0.4) is 0 Å². The topological polar surface area (TPSA) is 86.7 Å². The van der Waals surface area contributed by atoms with Gasteiger partial charge in [0.2, 0.25) is 0 Å². The van der Waals surface area contributed by atoms with Gasteiger partial charge in [-0.25, -0.2) is 0 Å². The van der Waals surface area contributed by atoms with Crippen molar-refractivity contribution in [3.63, 3.8) is 0 Å². The van der Waals surface area contributed by atoms with Gasteiger partial charge in [-0.2, -0.15) is 17.4 Å². The summed E-state index contributed by atoms with van der Waals surface area (Å²) in [6, 6.07) is -1.22. The summed E-state index contributed by atoms with van der Waals surface area (Å²) in [5.41, 5.74) is -0.683. The third kappa shape index (κ3) is 4.15. The minimum absolute atomic E-state index is 0.0827. The molecule has 1 aliphatic heterocycles. The van der Waals surface area contributed by atoms with E-state index >= 15 is 0 Å². The Morgan fingerprint density at radius 1 is 1.37 bits per heavy atom. The van der Waals surface area contributed by atoms with Gasteiger partial charge >= 0.3 is 5.97 Å². The van der Waals surface area contributed by atoms with Crippen molar-refractivity contribution in [2.45, 2.75) is 59.0 Å². The first kappa shape index (κ1) is 16.4. The Bertz CT molecular complexity index is 428. The van der Waals surface area contributed by atoms with E-state index < -0.39 is 27.6 Å². The van der Waals surface area contributed by atoms with Gasteiger partial charge < -0.3 is 5.11 Å². The molecule has 0 aromatic heterocycles. The Balaban J connectivity index is 2.91. The van der Waals surface area contributed by atoms with Crippen LogP contribution in [-0.2, 0) is 15.0 Å². The van der Waals surface area contributed by atoms with E-state index in [0.29, 0.717) is 6.54 Å². The minimum atomic E-state index is -3.76. The van der Waals surface area contributed by atoms with Gasteiger partial charge in [-0.15, -0.1) is 0 Å². The summed E-state index contributed by atoms with van der Waals surface area (Å²) in [6.07, 6.45) is 2.64. The average molecular weight is 292 g/mol. The standard InChI is InChI=1S/C12H24N2O4S/c1-9-7-5-6-8-14(9)19(17,18)13-10(11(15)16)12(2,3)4/h9-10,13H,5-8H2,1-4H3,(H,15,16)/t9?,10-/m0/s1. The third-order valence-corrected chi connectivity index (χ3v) is 5.12. The first-order valence-corrected chi connectivity index (χ1v) is 8.01. The quantitative estimate of drug-likeness (QED) is 0.815. The fourth-order valence-corrected chi connectivity index (χ4v) is 4.08. The summed E-state index contributed by atoms with van der Waals surface area (Å²) in [5, 5.41) is 9.19. The molecule has 112 valence electrons. The van der Waals surface area contributed by atoms with Crippen LogP contribution in [0.1, 0.15) is 47.0 Å². The number of carboxylic acid groups (broad SMARTS) is 1. The van der Waals surface area contributed by atoms with E-state index in [1.807, 2.05) is 6.92 Å². The molecule has 0 aromatic rings. The molecule has 1 rings (SSSR count). The Hall–Kier alpha value is -0.660. The van der Waals surface area contributed by atoms with Gasteiger partial charge in [0.25, 0.3) is 10.2 Å². The number of hydrogen-bond acceptors (Lipinski definition) is 3. The van der Waals surface area contributed by atoms with Crippen molar-refractivity contribution in [1.82, 2.24) is 9.03 Å². The Labute approximate surface area is 115 Å². The first-order chi connectivity index (χ1) is 8.55. The third-order valence-electron chi connectivity index (χ3n) is 3.43. The zero-order valence-corrected chi connectivity index (χ0v) is 12.8. The molecule has 2 N–H and O–H groups in total. The number of nitrogens with zero attached hydrogens (tertiary/aromatic N) is 1. The number of aliphatic carboxylic acids is 1. The van der Waals surface area contributed by atoms with E-state index in [9.17, 15) is 18.3 Å². The molecule has 0 radical (unpaired) electrons. The number of piperidine rings is 1. The van der Waals surface area contributed by atoms with E-state index in [-0.39, 0.29) is 6.04 Å². The van der Waals surface area contributed by atoms with E-state index in [1.54, 1.807) is 20.8 Å². The molecule has 0 spiro atoms. The minimum Gasteiger partial charge on any atom is -0.480 e. The van der Waals surface area contributed by atoms with Crippen LogP contribution in [0.4, 0.5) is 0 Å². The Kier molecular flexibility index (Phi) is 4.97. The highest BCUT2D eigenvalue weighted by molar-refractivity contribution is 7.87. The van der Waals surface area contributed by atoms with Crippen molar-refractivity contribution in [3.05, 3.63) is 0 Å². The molecule has 6 nitrogen and oxygen atoms in total. The molecule has 2 atom stereocenters. The second kappa shape index (κ2) is 5.76. The van der Waals surface area contributed by atoms with Crippen molar-refractivity contribution < 1.29 is 18.3 Å². The lowest BCUT2D eigenvalue weighted by molar-refractivity contribution is -0.141. The monoisotopic (exact) mass is 292 g/mol. The Morgan fingerprint density at radius 2 is 1.95 bits per heavy atom. The number of rotatable bonds is 4. The molecule has 19 heavy (non-hydrogen) atoms. The van der Waals surface area contributed by atoms with Crippen molar-refractivity contribution in [3.8, 4) is 0 Å². The molecule has 1 saturated heterocycles. The molecule has 1 unspecified atom stereocenters. The maximum absolute atomic E-state index is 12.3. The lowest BCUT2D eigenvalue weighted by atomic mass is 9.88. The molecule has 1 fully saturated rings. The van der Waals surface area contributed by atoms with Crippen LogP contribution in [-0.4, -0.2) is 42.4 Å². The molecule has 0 saturated carbocycles. The normalized spacial score (nSPS) is 24.1. The summed E-state index contributed by atoms with van der Waals surface area (Å²) < 4.78 is 28.3. The van der Waals surface area contributed by atoms with Crippen LogP contribution in [0, 0.1) is 5.41 Å². The van der Waals surface area contributed by atoms with Gasteiger partial charge in [0.15, 0.2) is 0 Å². The molecule has 7 heteroatoms. The van der Waals surface area contributed by atoms with Gasteiger partial charge in [-0.05, 0) is 25.2 Å². The summed E-state index contributed by atoms with van der Waals surface area (Å²) in [4.78, 5) is 11.2. The predicted octanol–water partition coefficient (Wildman–Crippen LogP) is 1.19. The lowest BCUT2D eigenvalue weighted by Crippen LogP contribution is -2.56. The van der Waals surface area contributed by atoms with Crippen LogP contribution in [0.15, 0.2) is 0 Å². The number of nitrogens with one attached hydrogen (secondary N) is 1. The largest absolute Gasteiger partial charge is 0.480 e. The lowest BCUT2D eigenvalue weighted by Gasteiger charge is -2.35. The van der Waals surface area contributed by atoms with Gasteiger partial charge in [0, 0.05) is 12.6 Å². The molecular weight excluding hydrogens is 268 g/mol. The van der Waals surface area contributed by atoms with Crippen LogP contribution >= 0.6 is 0 Å². The van der Waals surface area contributed by atoms with Crippen LogP contribution in [0.2, 0.25) is 0 Å². The first-order valence-electron chi connectivity index (χ1n) is 6.57. The summed E-state index contributed by atoms with van der Waals surface area (Å²) in [5.74, 6) is -1.15. The number of carboxylic acids is 1. The van der Waals surface area contributed by atoms with Crippen molar-refractivity contribution >= 4 is 16.2 Å². The number of hydrogen-bond donors (Lipinski definition) is 2. The average Bonchev–Trinajstić information content (AvgIpc) is 2.24. The zero-order valence-electron chi connectivity index (χ0n) is 12.0. The van der Waals surface area contributed by atoms with Crippen LogP contribution in [0.5, 0.6) is 0 Å². The fraction of sp³-hybridized carbons (Fsp3) is 0.917. The highest BCUT2D eigenvalue weighted by Gasteiger charge is 2.38. The van der Waals surface area contributed by atoms with Crippen LogP contribution < -0.4 is 4.72 Å². The second-order valence-corrected chi connectivity index (χ2v) is 7.87. The van der Waals surface area contributed by atoms with E-state index in [1.165, 1.54) is 4.31 Å². The van der Waals surface area contributed by atoms with Crippen molar-refractivity contribution in [1.29, 1.82) is 0 Å². The highest BCUT2D eigenvalue weighted by atomic mass is 32.2. The predicted molar refractivity (Wildman–Crippen MR) is 73.0 cm³/mol. The molecule has 0 aliphatic carbocycles. The summed E-state index contributed by atoms with van der Waals surface area (Å²) >= 11 is 0. The Morgan fingerprint density at radius 3 is 2.37 bits per heavy atom. The second-order valence-electron chi connectivity index (χ2n) is 6.22. The van der Waals surface area contributed by atoms with Crippen LogP contribution in [0.25, 0.3) is 0 Å². The van der Waals surface area contributed by atoms with Gasteiger partial charge in [0.1, 0.15) is 6.04 Å². The smallest absolute Gasteiger partial charge is 0.322 e. The number of carbonyl (C=O) groups is 1. The van der Waals surface area contributed by atoms with Gasteiger partial charge in [-0.3, -0.25) is 4.79 Å². The highest BCUT2D eigenvalue weighted by Crippen LogP contribution is 2.23. The zero-order chi connectivity index (χ0) is 14.8. The molecule has 1 aliphatic rings. The van der Waals surface area contributed by atoms with Crippen molar-refractivity contribution in [2.24, 2.45) is 5.41 Å². The molecule has 0 amide bonds. The van der Waals surface area contributed by atoms with E-state index in [0.717, 1.165) is 19.3 Å². The SMILES string of the molecule is CC1CCCCN1S(=O)(=O)N[C@@H](C(=O)O)C(C)(C)C. The molecule has 0 bridgehead atoms. The van der Waals surface area contributed by atoms with Gasteiger partial charge in [-0.1, -0.05) is 27.2 Å². The molecule has 1 heterocycles. The van der Waals surface area contributed by atoms with E-state index in [2.05, 4.69) is 4.72 Å². The molecular formula is C12H24N2O4S. The summed E-state index contributed by atoms with van der Waals surface area (Å²) in [6.45, 7) is 7.41. The maximum atomic E-state index is 12.3. The molecule has 0 aromatic carbocycles. The van der Waals surface area contributed by atoms with Gasteiger partial charge in [0.05, 0.1) is 0 Å². The maximum Gasteiger partial charge on any atom is 0.322 e. The fourth-order valence-electron chi connectivity index (χ4n) is 2.24. The summed E-state index contributed by atoms with van der Waals surface area (Å²) in [7, 11) is -3.76. The van der Waals surface area contributed by atoms with E-state index in [4.69, 9.17) is 0 Å².